The van der Waals surface area contributed by atoms with Gasteiger partial charge in [-0.05, 0) is 16.3 Å². The van der Waals surface area contributed by atoms with Crippen LogP contribution in [0.3, 0.4) is 0 Å². The van der Waals surface area contributed by atoms with Crippen LogP contribution in [0.25, 0.3) is 64.2 Å². The van der Waals surface area contributed by atoms with Crippen LogP contribution in [-0.4, -0.2) is 31.3 Å². The van der Waals surface area contributed by atoms with Crippen LogP contribution in [0.5, 0.6) is 0 Å². The Morgan fingerprint density at radius 3 is 2.22 bits per heavy atom. The monoisotopic (exact) mass is 939 g/mol. The van der Waals surface area contributed by atoms with Crippen LogP contribution in [0.2, 0.25) is 36.9 Å². The third kappa shape index (κ3) is 7.84. The summed E-state index contributed by atoms with van der Waals surface area (Å²) < 4.78 is 4.25. The van der Waals surface area contributed by atoms with Crippen LogP contribution < -0.4 is 9.58 Å². The number of rotatable bonds is 5. The van der Waals surface area contributed by atoms with E-state index < -0.39 is 21.3 Å². The molecule has 0 saturated carbocycles. The number of aromatic nitrogens is 2. The number of hydrogen-bond acceptors (Lipinski definition) is 3. The van der Waals surface area contributed by atoms with E-state index in [1.807, 2.05) is 29.8 Å². The van der Waals surface area contributed by atoms with Crippen LogP contribution >= 0.6 is 11.3 Å². The Morgan fingerprint density at radius 1 is 0.706 bits per heavy atom. The van der Waals surface area contributed by atoms with E-state index in [0.717, 1.165) is 22.5 Å². The number of fused-ring (bicyclic) bond motifs is 6. The Morgan fingerprint density at radius 2 is 1.49 bits per heavy atom. The first kappa shape index (κ1) is 37.3. The molecule has 0 unspecified atom stereocenters. The fourth-order valence-corrected chi connectivity index (χ4v) is 11.4. The summed E-state index contributed by atoms with van der Waals surface area (Å²) in [5, 5.41) is 9.09. The van der Waals surface area contributed by atoms with Crippen molar-refractivity contribution in [1.82, 2.24) is 9.97 Å². The minimum atomic E-state index is -1.82. The van der Waals surface area contributed by atoms with Gasteiger partial charge in [0.25, 0.3) is 0 Å². The molecule has 0 aliphatic carbocycles. The number of nitrogens with zero attached hydrogens (tertiary/aromatic N) is 2. The third-order valence-electron chi connectivity index (χ3n) is 9.59. The number of pyridine rings is 2. The molecule has 0 bridgehead atoms. The van der Waals surface area contributed by atoms with E-state index in [1.165, 1.54) is 52.5 Å². The number of hydrogen-bond donors (Lipinski definition) is 0. The van der Waals surface area contributed by atoms with Gasteiger partial charge in [0.15, 0.2) is 0 Å². The van der Waals surface area contributed by atoms with E-state index in [9.17, 15) is 0 Å². The van der Waals surface area contributed by atoms with Gasteiger partial charge in [-0.2, -0.15) is 0 Å². The first-order chi connectivity index (χ1) is 23.9. The van der Waals surface area contributed by atoms with Crippen LogP contribution in [0, 0.1) is 12.1 Å². The maximum Gasteiger partial charge on any atom is 0.0795 e. The Hall–Kier alpha value is -3.45. The van der Waals surface area contributed by atoms with Crippen molar-refractivity contribution >= 4 is 84.0 Å². The van der Waals surface area contributed by atoms with Crippen LogP contribution in [0.4, 0.5) is 0 Å². The molecule has 0 spiro atoms. The molecule has 0 aliphatic rings. The van der Waals surface area contributed by atoms with Crippen molar-refractivity contribution in [1.29, 1.82) is 0 Å². The molecule has 0 atom stereocenters. The molecule has 0 aliphatic heterocycles. The number of benzene rings is 5. The predicted octanol–water partition coefficient (Wildman–Crippen LogP) is 12.0. The largest absolute Gasteiger partial charge is 0.305 e. The summed E-state index contributed by atoms with van der Waals surface area (Å²) in [5.74, 6) is 7.86. The van der Waals surface area contributed by atoms with Gasteiger partial charge in [0, 0.05) is 26.3 Å². The van der Waals surface area contributed by atoms with Crippen molar-refractivity contribution in [2.75, 3.05) is 0 Å². The van der Waals surface area contributed by atoms with Crippen molar-refractivity contribution < 1.29 is 20.1 Å². The summed E-state index contributed by atoms with van der Waals surface area (Å²) in [6, 6.07) is 44.1. The van der Waals surface area contributed by atoms with Gasteiger partial charge < -0.3 is 4.98 Å². The Bertz CT molecular complexity index is 2490. The molecule has 2 nitrogen and oxygen atoms in total. The normalized spacial score (nSPS) is 11.9. The molecule has 259 valence electrons. The SMILES string of the molecule is CC(C)c1ccnc(-c2[c-]ccc3c2sc2c[c]([Ge]([CH3])([CH3])[CH3])ccc23)c1.C[Si](C)(C)c1ccc(-c2[c-]cc3c(ccc4ccccc43)c2)nc1.[Ir]. The molecule has 3 aromatic heterocycles. The molecule has 8 rings (SSSR count). The average molecular weight is 938 g/mol. The first-order valence-corrected chi connectivity index (χ1v) is 29.2. The molecule has 0 amide bonds. The third-order valence-corrected chi connectivity index (χ3v) is 17.1. The van der Waals surface area contributed by atoms with Crippen LogP contribution in [0.15, 0.2) is 116 Å². The Balaban J connectivity index is 0.000000173. The van der Waals surface area contributed by atoms with Gasteiger partial charge in [-0.1, -0.05) is 78.9 Å². The number of thiophene rings is 1. The molecular formula is C45H44GeIrN2SSi-2. The van der Waals surface area contributed by atoms with E-state index >= 15 is 0 Å². The van der Waals surface area contributed by atoms with Gasteiger partial charge in [0.05, 0.1) is 8.07 Å². The van der Waals surface area contributed by atoms with Crippen molar-refractivity contribution in [3.05, 3.63) is 133 Å². The van der Waals surface area contributed by atoms with Crippen molar-refractivity contribution in [3.8, 4) is 22.5 Å². The topological polar surface area (TPSA) is 25.8 Å². The minimum absolute atomic E-state index is 0. The van der Waals surface area contributed by atoms with Crippen molar-refractivity contribution in [2.24, 2.45) is 0 Å². The zero-order chi connectivity index (χ0) is 35.2. The van der Waals surface area contributed by atoms with Crippen LogP contribution in [-0.2, 0) is 20.1 Å². The van der Waals surface area contributed by atoms with E-state index in [-0.39, 0.29) is 20.1 Å². The second-order valence-electron chi connectivity index (χ2n) is 15.6. The quantitative estimate of drug-likeness (QED) is 0.0976. The van der Waals surface area contributed by atoms with Gasteiger partial charge in [0.2, 0.25) is 0 Å². The first-order valence-electron chi connectivity index (χ1n) is 17.5. The predicted molar refractivity (Wildman–Crippen MR) is 225 cm³/mol. The maximum atomic E-state index is 4.69. The summed E-state index contributed by atoms with van der Waals surface area (Å²) in [6.45, 7) is 11.5. The molecule has 0 fully saturated rings. The molecular weight excluding hydrogens is 893 g/mol. The van der Waals surface area contributed by atoms with Gasteiger partial charge in [-0.25, -0.2) is 0 Å². The zero-order valence-corrected chi connectivity index (χ0v) is 37.0. The standard InChI is InChI=1S/C23H24GeNS.C22H20NSi.Ir/c1-15(2)16-11-12-25-21(13-16)20-8-6-7-19-18-10-9-17(24(3,4)5)14-22(18)26-23(19)20;1-24(2,3)19-11-13-22(23-15-19)18-10-12-21-17(14-18)9-8-16-6-4-5-7-20(16)21;/h6-7,9-15H,1-5H3;4-9,11-15H,1-3H3;/q2*-1;. The average Bonchev–Trinajstić information content (AvgIpc) is 3.49. The molecule has 1 radical (unpaired) electrons. The van der Waals surface area contributed by atoms with Gasteiger partial charge in [0.1, 0.15) is 0 Å². The second kappa shape index (κ2) is 14.9. The van der Waals surface area contributed by atoms with E-state index in [0.29, 0.717) is 5.92 Å². The molecule has 3 heterocycles. The summed E-state index contributed by atoms with van der Waals surface area (Å²) in [6.07, 6.45) is 3.97. The van der Waals surface area contributed by atoms with E-state index in [1.54, 1.807) is 4.40 Å². The van der Waals surface area contributed by atoms with Gasteiger partial charge in [-0.3, -0.25) is 0 Å². The Kier molecular flexibility index (Phi) is 10.9. The summed E-state index contributed by atoms with van der Waals surface area (Å²) >= 11 is 0.0614. The summed E-state index contributed by atoms with van der Waals surface area (Å²) in [5.41, 5.74) is 5.53. The molecule has 6 heteroatoms. The minimum Gasteiger partial charge on any atom is -0.305 e. The van der Waals surface area contributed by atoms with Crippen molar-refractivity contribution in [2.45, 2.75) is 56.7 Å². The fraction of sp³-hybridized carbons (Fsp3) is 0.200. The fourth-order valence-electron chi connectivity index (χ4n) is 6.43. The van der Waals surface area contributed by atoms with Crippen LogP contribution in [0.1, 0.15) is 25.3 Å². The second-order valence-corrected chi connectivity index (χ2v) is 32.4. The smallest absolute Gasteiger partial charge is 0.0795 e. The van der Waals surface area contributed by atoms with E-state index in [4.69, 9.17) is 0 Å². The van der Waals surface area contributed by atoms with Gasteiger partial charge in [-0.15, -0.1) is 29.1 Å². The summed E-state index contributed by atoms with van der Waals surface area (Å²) in [7, 11) is -1.30. The Labute approximate surface area is 324 Å². The molecule has 0 N–H and O–H groups in total. The summed E-state index contributed by atoms with van der Waals surface area (Å²) in [4.78, 5) is 9.34. The molecule has 5 aromatic carbocycles. The van der Waals surface area contributed by atoms with Crippen molar-refractivity contribution in [3.63, 3.8) is 0 Å². The molecule has 0 saturated heterocycles. The van der Waals surface area contributed by atoms with E-state index in [2.05, 4.69) is 170 Å². The zero-order valence-electron chi connectivity index (χ0n) is 30.7. The molecule has 8 aromatic rings. The maximum absolute atomic E-state index is 4.69. The molecule has 51 heavy (non-hydrogen) atoms. The van der Waals surface area contributed by atoms with Gasteiger partial charge >= 0.3 is 163 Å².